The zero-order chi connectivity index (χ0) is 24.6. The molecule has 2 N–H and O–H groups in total. The number of aromatic amines is 1. The molecule has 6 heterocycles. The van der Waals surface area contributed by atoms with Crippen molar-refractivity contribution in [2.75, 3.05) is 31.5 Å². The van der Waals surface area contributed by atoms with Crippen LogP contribution in [0.5, 0.6) is 0 Å². The summed E-state index contributed by atoms with van der Waals surface area (Å²) < 4.78 is 2.04. The molecule has 2 saturated heterocycles. The van der Waals surface area contributed by atoms with Gasteiger partial charge < -0.3 is 10.2 Å². The number of fused-ring (bicyclic) bond motifs is 1. The number of H-pyrrole nitrogens is 1. The predicted molar refractivity (Wildman–Crippen MR) is 142 cm³/mol. The van der Waals surface area contributed by atoms with Gasteiger partial charge in [-0.1, -0.05) is 6.92 Å². The lowest BCUT2D eigenvalue weighted by atomic mass is 10.00. The van der Waals surface area contributed by atoms with Gasteiger partial charge in [0.2, 0.25) is 0 Å². The fourth-order valence-electron chi connectivity index (χ4n) is 5.40. The Hall–Kier alpha value is -3.24. The van der Waals surface area contributed by atoms with Crippen LogP contribution in [0.3, 0.4) is 0 Å². The maximum Gasteiger partial charge on any atom is 0.264 e. The first kappa shape index (κ1) is 23.2. The molecule has 0 radical (unpaired) electrons. The number of hydrogen-bond donors (Lipinski definition) is 2. The van der Waals surface area contributed by atoms with Crippen LogP contribution in [0.25, 0.3) is 16.9 Å². The van der Waals surface area contributed by atoms with Crippen molar-refractivity contribution < 1.29 is 4.79 Å². The van der Waals surface area contributed by atoms with Crippen LogP contribution in [-0.2, 0) is 6.54 Å². The van der Waals surface area contributed by atoms with E-state index in [-0.39, 0.29) is 5.91 Å². The molecule has 0 spiro atoms. The molecule has 1 unspecified atom stereocenters. The molecular weight excluding hydrogens is 472 g/mol. The van der Waals surface area contributed by atoms with Crippen LogP contribution in [0.1, 0.15) is 53.5 Å². The Morgan fingerprint density at radius 1 is 1.22 bits per heavy atom. The first-order valence-corrected chi connectivity index (χ1v) is 13.6. The summed E-state index contributed by atoms with van der Waals surface area (Å²) >= 11 is 1.54. The van der Waals surface area contributed by atoms with Gasteiger partial charge in [-0.15, -0.1) is 11.3 Å². The normalized spacial score (nSPS) is 18.8. The third-order valence-electron chi connectivity index (χ3n) is 7.19. The predicted octanol–water partition coefficient (Wildman–Crippen LogP) is 4.70. The van der Waals surface area contributed by atoms with Crippen molar-refractivity contribution in [2.24, 2.45) is 5.92 Å². The molecule has 10 heteroatoms. The minimum absolute atomic E-state index is 0.166. The number of rotatable bonds is 6. The van der Waals surface area contributed by atoms with Gasteiger partial charge in [0, 0.05) is 37.6 Å². The number of anilines is 2. The molecule has 4 aromatic rings. The maximum atomic E-state index is 13.7. The van der Waals surface area contributed by atoms with Crippen molar-refractivity contribution in [1.82, 2.24) is 34.4 Å². The lowest BCUT2D eigenvalue weighted by Crippen LogP contribution is -2.39. The standard InChI is InChI=1S/C26H32N8OS/c1-17-6-5-9-33(14-17)26(35)23-19(16-32-7-3-4-8-32)10-22(36-23)31-24-25-27-13-21(20-11-28-29-12-20)34(25)15-18(2)30-24/h10-13,15,17H,3-9,14,16H2,1-2H3,(H,28,29)(H,30,31). The molecule has 0 aromatic carbocycles. The summed E-state index contributed by atoms with van der Waals surface area (Å²) in [5.41, 5.74) is 4.64. The summed E-state index contributed by atoms with van der Waals surface area (Å²) in [6.07, 6.45) is 12.2. The first-order chi connectivity index (χ1) is 17.5. The number of imidazole rings is 1. The number of carbonyl (C=O) groups excluding carboxylic acids is 1. The zero-order valence-electron chi connectivity index (χ0n) is 20.8. The highest BCUT2D eigenvalue weighted by Crippen LogP contribution is 2.34. The highest BCUT2D eigenvalue weighted by molar-refractivity contribution is 7.18. The van der Waals surface area contributed by atoms with E-state index in [4.69, 9.17) is 4.98 Å². The van der Waals surface area contributed by atoms with Gasteiger partial charge >= 0.3 is 0 Å². The summed E-state index contributed by atoms with van der Waals surface area (Å²) in [5, 5.41) is 11.4. The monoisotopic (exact) mass is 504 g/mol. The van der Waals surface area contributed by atoms with Crippen LogP contribution < -0.4 is 5.32 Å². The van der Waals surface area contributed by atoms with Crippen LogP contribution in [-0.4, -0.2) is 66.5 Å². The summed E-state index contributed by atoms with van der Waals surface area (Å²) in [7, 11) is 0. The lowest BCUT2D eigenvalue weighted by molar-refractivity contribution is 0.0686. The largest absolute Gasteiger partial charge is 0.338 e. The Morgan fingerprint density at radius 2 is 2.08 bits per heavy atom. The van der Waals surface area contributed by atoms with E-state index in [0.717, 1.165) is 77.2 Å². The van der Waals surface area contributed by atoms with Crippen LogP contribution >= 0.6 is 11.3 Å². The third-order valence-corrected chi connectivity index (χ3v) is 8.27. The highest BCUT2D eigenvalue weighted by atomic mass is 32.1. The molecule has 0 aliphatic carbocycles. The number of nitrogens with zero attached hydrogens (tertiary/aromatic N) is 6. The zero-order valence-corrected chi connectivity index (χ0v) is 21.6. The molecule has 36 heavy (non-hydrogen) atoms. The van der Waals surface area contributed by atoms with Gasteiger partial charge in [0.05, 0.1) is 33.7 Å². The Kier molecular flexibility index (Phi) is 6.22. The molecule has 188 valence electrons. The van der Waals surface area contributed by atoms with Gasteiger partial charge in [0.25, 0.3) is 5.91 Å². The number of piperidine rings is 1. The molecule has 2 aliphatic heterocycles. The summed E-state index contributed by atoms with van der Waals surface area (Å²) in [4.78, 5) is 28.4. The second-order valence-corrected chi connectivity index (χ2v) is 11.2. The van der Waals surface area contributed by atoms with Crippen molar-refractivity contribution in [1.29, 1.82) is 0 Å². The van der Waals surface area contributed by atoms with Crippen molar-refractivity contribution >= 4 is 33.7 Å². The molecule has 0 saturated carbocycles. The number of carbonyl (C=O) groups is 1. The van der Waals surface area contributed by atoms with Crippen LogP contribution in [0, 0.1) is 12.8 Å². The van der Waals surface area contributed by atoms with Gasteiger partial charge in [-0.25, -0.2) is 9.97 Å². The van der Waals surface area contributed by atoms with Gasteiger partial charge in [0.1, 0.15) is 0 Å². The lowest BCUT2D eigenvalue weighted by Gasteiger charge is -2.31. The van der Waals surface area contributed by atoms with Crippen molar-refractivity contribution in [2.45, 2.75) is 46.1 Å². The number of likely N-dealkylation sites (tertiary alicyclic amines) is 2. The molecule has 2 aliphatic rings. The SMILES string of the molecule is Cc1cn2c(-c3cn[nH]c3)cnc2c(Nc2cc(CN3CCCC3)c(C(=O)N3CCCC(C)C3)s2)n1. The van der Waals surface area contributed by atoms with Gasteiger partial charge in [-0.3, -0.25) is 19.2 Å². The number of aromatic nitrogens is 5. The van der Waals surface area contributed by atoms with E-state index in [1.807, 2.05) is 34.8 Å². The summed E-state index contributed by atoms with van der Waals surface area (Å²) in [5.74, 6) is 1.40. The Balaban J connectivity index is 1.34. The summed E-state index contributed by atoms with van der Waals surface area (Å²) in [6, 6.07) is 2.14. The Bertz CT molecular complexity index is 1370. The smallest absolute Gasteiger partial charge is 0.264 e. The molecule has 2 fully saturated rings. The van der Waals surface area contributed by atoms with Gasteiger partial charge in [0.15, 0.2) is 11.5 Å². The maximum absolute atomic E-state index is 13.7. The molecule has 1 amide bonds. The first-order valence-electron chi connectivity index (χ1n) is 12.8. The number of thiophene rings is 1. The number of amides is 1. The molecule has 1 atom stereocenters. The van der Waals surface area contributed by atoms with Crippen LogP contribution in [0.2, 0.25) is 0 Å². The quantitative estimate of drug-likeness (QED) is 0.395. The number of aryl methyl sites for hydroxylation is 1. The molecule has 6 rings (SSSR count). The average molecular weight is 505 g/mol. The number of nitrogens with one attached hydrogen (secondary N) is 2. The van der Waals surface area contributed by atoms with E-state index in [1.54, 1.807) is 6.20 Å². The van der Waals surface area contributed by atoms with E-state index in [9.17, 15) is 4.79 Å². The van der Waals surface area contributed by atoms with E-state index in [1.165, 1.54) is 30.6 Å². The van der Waals surface area contributed by atoms with Crippen molar-refractivity contribution in [3.8, 4) is 11.3 Å². The second-order valence-electron chi connectivity index (χ2n) is 10.1. The van der Waals surface area contributed by atoms with Crippen LogP contribution in [0.4, 0.5) is 10.8 Å². The number of hydrogen-bond acceptors (Lipinski definition) is 7. The Labute approximate surface area is 214 Å². The second kappa shape index (κ2) is 9.67. The van der Waals surface area contributed by atoms with E-state index in [2.05, 4.69) is 38.4 Å². The van der Waals surface area contributed by atoms with Crippen molar-refractivity contribution in [3.63, 3.8) is 0 Å². The molecule has 9 nitrogen and oxygen atoms in total. The van der Waals surface area contributed by atoms with Gasteiger partial charge in [-0.2, -0.15) is 5.10 Å². The Morgan fingerprint density at radius 3 is 2.86 bits per heavy atom. The third kappa shape index (κ3) is 4.51. The van der Waals surface area contributed by atoms with Crippen LogP contribution in [0.15, 0.2) is 30.9 Å². The average Bonchev–Trinajstić information content (AvgIpc) is 3.66. The fraction of sp³-hybridized carbons (Fsp3) is 0.462. The molecule has 4 aromatic heterocycles. The van der Waals surface area contributed by atoms with E-state index < -0.39 is 0 Å². The minimum atomic E-state index is 0.166. The topological polar surface area (TPSA) is 94.5 Å². The van der Waals surface area contributed by atoms with Gasteiger partial charge in [-0.05, 0) is 63.2 Å². The molecular formula is C26H32N8OS. The van der Waals surface area contributed by atoms with Crippen molar-refractivity contribution in [3.05, 3.63) is 47.0 Å². The minimum Gasteiger partial charge on any atom is -0.338 e. The fourth-order valence-corrected chi connectivity index (χ4v) is 6.44. The van der Waals surface area contributed by atoms with E-state index in [0.29, 0.717) is 11.7 Å². The summed E-state index contributed by atoms with van der Waals surface area (Å²) in [6.45, 7) is 8.90. The molecule has 0 bridgehead atoms. The highest BCUT2D eigenvalue weighted by Gasteiger charge is 2.27. The van der Waals surface area contributed by atoms with E-state index >= 15 is 0 Å².